The number of nitriles is 1. The highest BCUT2D eigenvalue weighted by atomic mass is 16.3. The highest BCUT2D eigenvalue weighted by Gasteiger charge is 2.17. The second-order valence-corrected chi connectivity index (χ2v) is 12.2. The summed E-state index contributed by atoms with van der Waals surface area (Å²) in [6, 6.07) is 52.8. The summed E-state index contributed by atoms with van der Waals surface area (Å²) in [5.74, 6) is 1.69. The van der Waals surface area contributed by atoms with Crippen LogP contribution in [0.2, 0.25) is 0 Å². The smallest absolute Gasteiger partial charge is 0.164 e. The van der Waals surface area contributed by atoms with Crippen molar-refractivity contribution < 1.29 is 4.42 Å². The minimum atomic E-state index is 0.544. The number of fused-ring (bicyclic) bond motifs is 3. The normalized spacial score (nSPS) is 11.1. The van der Waals surface area contributed by atoms with Gasteiger partial charge in [0.05, 0.1) is 11.6 Å². The average Bonchev–Trinajstić information content (AvgIpc) is 3.61. The minimum Gasteiger partial charge on any atom is -0.455 e. The van der Waals surface area contributed by atoms with Crippen LogP contribution in [0.15, 0.2) is 168 Å². The second-order valence-electron chi connectivity index (χ2n) is 12.2. The Morgan fingerprint density at radius 2 is 0.882 bits per heavy atom. The molecule has 0 aliphatic rings. The Morgan fingerprint density at radius 1 is 0.412 bits per heavy atom. The summed E-state index contributed by atoms with van der Waals surface area (Å²) in [5.41, 5.74) is 11.2. The van der Waals surface area contributed by atoms with Crippen LogP contribution in [-0.2, 0) is 0 Å². The lowest BCUT2D eigenvalue weighted by Gasteiger charge is -2.09. The van der Waals surface area contributed by atoms with E-state index in [0.29, 0.717) is 23.0 Å². The number of para-hydroxylation sites is 2. The van der Waals surface area contributed by atoms with Gasteiger partial charge in [-0.3, -0.25) is 4.98 Å². The van der Waals surface area contributed by atoms with Gasteiger partial charge in [-0.15, -0.1) is 0 Å². The van der Waals surface area contributed by atoms with Crippen LogP contribution in [0.1, 0.15) is 5.56 Å². The molecule has 3 aromatic heterocycles. The van der Waals surface area contributed by atoms with Crippen LogP contribution in [-0.4, -0.2) is 19.9 Å². The van der Waals surface area contributed by atoms with E-state index in [9.17, 15) is 5.26 Å². The minimum absolute atomic E-state index is 0.544. The zero-order valence-corrected chi connectivity index (χ0v) is 27.2. The van der Waals surface area contributed by atoms with Crippen molar-refractivity contribution in [3.63, 3.8) is 0 Å². The molecule has 6 nitrogen and oxygen atoms in total. The summed E-state index contributed by atoms with van der Waals surface area (Å²) in [4.78, 5) is 18.8. The first kappa shape index (κ1) is 29.9. The molecule has 0 unspecified atom stereocenters. The Balaban J connectivity index is 1.09. The summed E-state index contributed by atoms with van der Waals surface area (Å²) >= 11 is 0. The lowest BCUT2D eigenvalue weighted by molar-refractivity contribution is 0.671. The number of benzene rings is 6. The molecular formula is C45H27N5O. The molecule has 6 aromatic carbocycles. The number of hydrogen-bond acceptors (Lipinski definition) is 6. The number of nitrogens with zero attached hydrogens (tertiary/aromatic N) is 5. The van der Waals surface area contributed by atoms with Crippen molar-refractivity contribution in [3.8, 4) is 73.6 Å². The molecule has 238 valence electrons. The van der Waals surface area contributed by atoms with Crippen molar-refractivity contribution in [2.24, 2.45) is 0 Å². The number of pyridine rings is 1. The summed E-state index contributed by atoms with van der Waals surface area (Å²) in [6.45, 7) is 0. The number of aromatic nitrogens is 4. The fourth-order valence-corrected chi connectivity index (χ4v) is 6.49. The van der Waals surface area contributed by atoms with Gasteiger partial charge in [-0.1, -0.05) is 121 Å². The van der Waals surface area contributed by atoms with Gasteiger partial charge in [0.1, 0.15) is 11.2 Å². The first-order valence-electron chi connectivity index (χ1n) is 16.6. The molecule has 0 saturated heterocycles. The molecule has 0 aliphatic heterocycles. The van der Waals surface area contributed by atoms with Crippen molar-refractivity contribution in [2.75, 3.05) is 0 Å². The second kappa shape index (κ2) is 12.7. The van der Waals surface area contributed by atoms with Crippen LogP contribution in [0, 0.1) is 11.3 Å². The lowest BCUT2D eigenvalue weighted by Crippen LogP contribution is -2.00. The Morgan fingerprint density at radius 3 is 1.39 bits per heavy atom. The Kier molecular flexibility index (Phi) is 7.42. The van der Waals surface area contributed by atoms with E-state index in [4.69, 9.17) is 19.4 Å². The van der Waals surface area contributed by atoms with Gasteiger partial charge >= 0.3 is 0 Å². The molecule has 9 rings (SSSR count). The van der Waals surface area contributed by atoms with Crippen molar-refractivity contribution in [1.29, 1.82) is 5.26 Å². The molecule has 0 radical (unpaired) electrons. The van der Waals surface area contributed by atoms with Gasteiger partial charge < -0.3 is 4.42 Å². The largest absolute Gasteiger partial charge is 0.455 e. The summed E-state index contributed by atoms with van der Waals surface area (Å²) in [7, 11) is 0. The van der Waals surface area contributed by atoms with Crippen LogP contribution in [0.4, 0.5) is 0 Å². The topological polar surface area (TPSA) is 88.5 Å². The van der Waals surface area contributed by atoms with E-state index in [1.165, 1.54) is 0 Å². The molecule has 0 spiro atoms. The molecule has 6 heteroatoms. The molecule has 0 bridgehead atoms. The van der Waals surface area contributed by atoms with E-state index < -0.39 is 0 Å². The van der Waals surface area contributed by atoms with Crippen molar-refractivity contribution in [2.45, 2.75) is 0 Å². The molecule has 0 aliphatic carbocycles. The zero-order chi connectivity index (χ0) is 34.1. The van der Waals surface area contributed by atoms with E-state index in [1.54, 1.807) is 18.3 Å². The maximum atomic E-state index is 9.29. The summed E-state index contributed by atoms with van der Waals surface area (Å²) in [6.07, 6.45) is 3.67. The van der Waals surface area contributed by atoms with Gasteiger partial charge in [0.2, 0.25) is 0 Å². The van der Waals surface area contributed by atoms with E-state index in [-0.39, 0.29) is 0 Å². The van der Waals surface area contributed by atoms with Gasteiger partial charge in [0.25, 0.3) is 0 Å². The highest BCUT2D eigenvalue weighted by Crippen LogP contribution is 2.40. The fraction of sp³-hybridized carbons (Fsp3) is 0. The predicted octanol–water partition coefficient (Wildman–Crippen LogP) is 11.0. The van der Waals surface area contributed by atoms with Crippen LogP contribution >= 0.6 is 0 Å². The van der Waals surface area contributed by atoms with E-state index in [0.717, 1.165) is 72.0 Å². The third kappa shape index (κ3) is 5.59. The first-order valence-corrected chi connectivity index (χ1v) is 16.6. The molecule has 0 atom stereocenters. The molecule has 0 fully saturated rings. The average molecular weight is 654 g/mol. The van der Waals surface area contributed by atoms with Crippen molar-refractivity contribution in [3.05, 3.63) is 170 Å². The third-order valence-corrected chi connectivity index (χ3v) is 9.11. The predicted molar refractivity (Wildman–Crippen MR) is 202 cm³/mol. The SMILES string of the molecule is N#Cc1ccc(-c2nc(-c3ccccc3)nc(-c3ccc(-c4cccc5c4oc4c(-c6ccc(-c7cccnc7)cc6)cccc45)cc3)n2)cc1. The van der Waals surface area contributed by atoms with Crippen LogP contribution in [0.25, 0.3) is 89.5 Å². The molecule has 9 aromatic rings. The number of hydrogen-bond donors (Lipinski definition) is 0. The highest BCUT2D eigenvalue weighted by molar-refractivity contribution is 6.13. The maximum absolute atomic E-state index is 9.29. The summed E-state index contributed by atoms with van der Waals surface area (Å²) in [5, 5.41) is 11.4. The van der Waals surface area contributed by atoms with E-state index in [1.807, 2.05) is 66.9 Å². The third-order valence-electron chi connectivity index (χ3n) is 9.11. The fourth-order valence-electron chi connectivity index (χ4n) is 6.49. The van der Waals surface area contributed by atoms with Crippen LogP contribution < -0.4 is 0 Å². The molecule has 3 heterocycles. The van der Waals surface area contributed by atoms with E-state index >= 15 is 0 Å². The summed E-state index contributed by atoms with van der Waals surface area (Å²) < 4.78 is 6.74. The van der Waals surface area contributed by atoms with Gasteiger partial charge in [-0.2, -0.15) is 5.26 Å². The first-order chi connectivity index (χ1) is 25.2. The molecule has 51 heavy (non-hydrogen) atoms. The quantitative estimate of drug-likeness (QED) is 0.177. The number of rotatable bonds is 6. The Labute approximate surface area is 294 Å². The standard InChI is InChI=1S/C45H27N5O/c46-27-29-14-16-34(17-15-29)44-48-43(33-7-2-1-3-8-33)49-45(50-44)35-24-22-32(23-25-35)38-11-5-13-40-39-12-4-10-37(41(39)51-42(38)40)31-20-18-30(19-21-31)36-9-6-26-47-28-36/h1-26,28H. The van der Waals surface area contributed by atoms with Crippen LogP contribution in [0.3, 0.4) is 0 Å². The van der Waals surface area contributed by atoms with Gasteiger partial charge in [-0.25, -0.2) is 15.0 Å². The molecular weight excluding hydrogens is 627 g/mol. The monoisotopic (exact) mass is 653 g/mol. The van der Waals surface area contributed by atoms with Crippen molar-refractivity contribution >= 4 is 21.9 Å². The number of furan rings is 1. The Hall–Kier alpha value is -7.23. The zero-order valence-electron chi connectivity index (χ0n) is 27.2. The molecule has 0 N–H and O–H groups in total. The lowest BCUT2D eigenvalue weighted by atomic mass is 9.98. The van der Waals surface area contributed by atoms with Crippen molar-refractivity contribution in [1.82, 2.24) is 19.9 Å². The molecule has 0 amide bonds. The van der Waals surface area contributed by atoms with Crippen LogP contribution in [0.5, 0.6) is 0 Å². The van der Waals surface area contributed by atoms with E-state index in [2.05, 4.69) is 89.9 Å². The van der Waals surface area contributed by atoms with Gasteiger partial charge in [-0.05, 0) is 52.6 Å². The Bertz CT molecular complexity index is 2710. The van der Waals surface area contributed by atoms with Gasteiger partial charge in [0.15, 0.2) is 17.5 Å². The molecule has 0 saturated carbocycles. The maximum Gasteiger partial charge on any atom is 0.164 e. The van der Waals surface area contributed by atoms with Gasteiger partial charge in [0, 0.05) is 51.0 Å².